The van der Waals surface area contributed by atoms with E-state index in [1.54, 1.807) is 17.8 Å². The summed E-state index contributed by atoms with van der Waals surface area (Å²) in [6.45, 7) is 4.34. The van der Waals surface area contributed by atoms with Crippen LogP contribution in [0.15, 0.2) is 36.0 Å². The fourth-order valence-electron chi connectivity index (χ4n) is 3.97. The van der Waals surface area contributed by atoms with Crippen molar-refractivity contribution in [2.75, 3.05) is 24.7 Å². The monoisotopic (exact) mass is 468 g/mol. The Morgan fingerprint density at radius 2 is 2.03 bits per heavy atom. The predicted octanol–water partition coefficient (Wildman–Crippen LogP) is 3.53. The molecule has 10 heteroatoms. The van der Waals surface area contributed by atoms with Crippen LogP contribution in [0, 0.1) is 18.3 Å². The molecule has 2 aromatic heterocycles. The van der Waals surface area contributed by atoms with Gasteiger partial charge in [-0.25, -0.2) is 23.4 Å². The molecule has 1 fully saturated rings. The van der Waals surface area contributed by atoms with Gasteiger partial charge in [0.25, 0.3) is 0 Å². The molecule has 0 aliphatic carbocycles. The van der Waals surface area contributed by atoms with Crippen molar-refractivity contribution in [2.45, 2.75) is 31.6 Å². The zero-order chi connectivity index (χ0) is 22.7. The largest absolute Gasteiger partial charge is 0.324 e. The Morgan fingerprint density at radius 3 is 2.75 bits per heavy atom. The van der Waals surface area contributed by atoms with Gasteiger partial charge in [0, 0.05) is 24.7 Å². The Bertz CT molecular complexity index is 1260. The number of nitrogens with one attached hydrogen (secondary N) is 1. The van der Waals surface area contributed by atoms with Crippen molar-refractivity contribution in [3.63, 3.8) is 0 Å². The molecule has 1 N–H and O–H groups in total. The maximum Gasteiger partial charge on any atom is 0.227 e. The minimum Gasteiger partial charge on any atom is -0.324 e. The van der Waals surface area contributed by atoms with Crippen LogP contribution in [-0.4, -0.2) is 52.9 Å². The van der Waals surface area contributed by atoms with Crippen molar-refractivity contribution in [3.05, 3.63) is 52.0 Å². The number of rotatable bonds is 6. The van der Waals surface area contributed by atoms with Gasteiger partial charge in [-0.3, -0.25) is 4.90 Å². The Hall–Kier alpha value is -2.87. The second kappa shape index (κ2) is 9.32. The minimum atomic E-state index is -2.97. The standard InChI is InChI=1S/C22H24N6O2S2/c1-15-9-16(13-28-7-4-18(5-8-28)32(2,29)30)11-17(10-15)26-22-24-6-3-19(27-22)21-20(12-23)31-14-25-21/h3,6,9-11,14,18H,4-5,7-8,13H2,1-2H3,(H,24,26,27). The first-order valence-corrected chi connectivity index (χ1v) is 13.1. The fourth-order valence-corrected chi connectivity index (χ4v) is 5.62. The molecule has 4 rings (SSSR count). The van der Waals surface area contributed by atoms with Crippen molar-refractivity contribution in [1.82, 2.24) is 19.9 Å². The number of nitriles is 1. The highest BCUT2D eigenvalue weighted by Crippen LogP contribution is 2.25. The summed E-state index contributed by atoms with van der Waals surface area (Å²) in [6.07, 6.45) is 4.33. The van der Waals surface area contributed by atoms with E-state index in [0.29, 0.717) is 35.1 Å². The lowest BCUT2D eigenvalue weighted by atomic mass is 10.1. The molecule has 8 nitrogen and oxygen atoms in total. The lowest BCUT2D eigenvalue weighted by Crippen LogP contribution is -2.38. The van der Waals surface area contributed by atoms with Crippen LogP contribution in [0.1, 0.15) is 28.8 Å². The maximum atomic E-state index is 11.8. The number of nitrogens with zero attached hydrogens (tertiary/aromatic N) is 5. The van der Waals surface area contributed by atoms with Crippen molar-refractivity contribution < 1.29 is 8.42 Å². The van der Waals surface area contributed by atoms with Gasteiger partial charge in [0.1, 0.15) is 26.5 Å². The van der Waals surface area contributed by atoms with Gasteiger partial charge in [-0.2, -0.15) is 5.26 Å². The first kappa shape index (κ1) is 22.3. The van der Waals surface area contributed by atoms with Gasteiger partial charge in [0.2, 0.25) is 5.95 Å². The number of piperidine rings is 1. The van der Waals surface area contributed by atoms with Gasteiger partial charge in [-0.1, -0.05) is 6.07 Å². The second-order valence-electron chi connectivity index (χ2n) is 8.04. The van der Waals surface area contributed by atoms with E-state index in [-0.39, 0.29) is 5.25 Å². The van der Waals surface area contributed by atoms with E-state index in [0.717, 1.165) is 36.4 Å². The SMILES string of the molecule is Cc1cc(CN2CCC(S(C)(=O)=O)CC2)cc(Nc2nccc(-c3ncsc3C#N)n2)c1. The number of anilines is 2. The summed E-state index contributed by atoms with van der Waals surface area (Å²) >= 11 is 1.28. The molecule has 1 aliphatic heterocycles. The maximum absolute atomic E-state index is 11.8. The molecule has 1 saturated heterocycles. The molecule has 166 valence electrons. The van der Waals surface area contributed by atoms with E-state index in [1.807, 2.05) is 13.0 Å². The Kier molecular flexibility index (Phi) is 6.50. The summed E-state index contributed by atoms with van der Waals surface area (Å²) in [4.78, 5) is 15.9. The quantitative estimate of drug-likeness (QED) is 0.585. The van der Waals surface area contributed by atoms with E-state index in [1.165, 1.54) is 17.6 Å². The molecular weight excluding hydrogens is 444 g/mol. The minimum absolute atomic E-state index is 0.225. The normalized spacial score (nSPS) is 15.4. The molecule has 1 aliphatic rings. The molecule has 3 aromatic rings. The fraction of sp³-hybridized carbons (Fsp3) is 0.364. The average molecular weight is 469 g/mol. The number of aryl methyl sites for hydroxylation is 1. The van der Waals surface area contributed by atoms with Gasteiger partial charge in [0.15, 0.2) is 0 Å². The summed E-state index contributed by atoms with van der Waals surface area (Å²) in [7, 11) is -2.97. The lowest BCUT2D eigenvalue weighted by Gasteiger charge is -2.31. The summed E-state index contributed by atoms with van der Waals surface area (Å²) in [5.41, 5.74) is 5.93. The molecule has 0 bridgehead atoms. The van der Waals surface area contributed by atoms with Gasteiger partial charge < -0.3 is 5.32 Å². The van der Waals surface area contributed by atoms with Gasteiger partial charge in [-0.05, 0) is 62.2 Å². The summed E-state index contributed by atoms with van der Waals surface area (Å²) in [6, 6.07) is 10.1. The van der Waals surface area contributed by atoms with Crippen LogP contribution in [0.3, 0.4) is 0 Å². The number of aromatic nitrogens is 3. The molecule has 0 unspecified atom stereocenters. The van der Waals surface area contributed by atoms with Crippen molar-refractivity contribution in [3.8, 4) is 17.5 Å². The molecule has 32 heavy (non-hydrogen) atoms. The van der Waals surface area contributed by atoms with E-state index in [4.69, 9.17) is 0 Å². The van der Waals surface area contributed by atoms with Crippen LogP contribution in [0.25, 0.3) is 11.4 Å². The number of sulfone groups is 1. The molecule has 0 radical (unpaired) electrons. The Labute approximate surface area is 191 Å². The van der Waals surface area contributed by atoms with Gasteiger partial charge in [-0.15, -0.1) is 11.3 Å². The smallest absolute Gasteiger partial charge is 0.227 e. The molecular formula is C22H24N6O2S2. The highest BCUT2D eigenvalue weighted by Gasteiger charge is 2.26. The van der Waals surface area contributed by atoms with E-state index in [9.17, 15) is 13.7 Å². The second-order valence-corrected chi connectivity index (χ2v) is 11.2. The highest BCUT2D eigenvalue weighted by molar-refractivity contribution is 7.91. The predicted molar refractivity (Wildman–Crippen MR) is 125 cm³/mol. The summed E-state index contributed by atoms with van der Waals surface area (Å²) in [5.74, 6) is 0.435. The Morgan fingerprint density at radius 1 is 1.25 bits per heavy atom. The third kappa shape index (κ3) is 5.30. The molecule has 1 aromatic carbocycles. The highest BCUT2D eigenvalue weighted by atomic mass is 32.2. The van der Waals surface area contributed by atoms with Crippen LogP contribution in [0.4, 0.5) is 11.6 Å². The average Bonchev–Trinajstić information content (AvgIpc) is 3.22. The van der Waals surface area contributed by atoms with Crippen molar-refractivity contribution >= 4 is 32.8 Å². The number of thiazole rings is 1. The molecule has 0 atom stereocenters. The molecule has 0 spiro atoms. The van der Waals surface area contributed by atoms with E-state index in [2.05, 4.69) is 43.4 Å². The zero-order valence-corrected chi connectivity index (χ0v) is 19.6. The number of likely N-dealkylation sites (tertiary alicyclic amines) is 1. The van der Waals surface area contributed by atoms with Crippen molar-refractivity contribution in [2.24, 2.45) is 0 Å². The van der Waals surface area contributed by atoms with Crippen LogP contribution in [0.5, 0.6) is 0 Å². The number of hydrogen-bond donors (Lipinski definition) is 1. The van der Waals surface area contributed by atoms with Crippen molar-refractivity contribution in [1.29, 1.82) is 5.26 Å². The molecule has 0 amide bonds. The lowest BCUT2D eigenvalue weighted by molar-refractivity contribution is 0.222. The van der Waals surface area contributed by atoms with Crippen LogP contribution in [0.2, 0.25) is 0 Å². The molecule has 3 heterocycles. The van der Waals surface area contributed by atoms with Crippen LogP contribution < -0.4 is 5.32 Å². The summed E-state index contributed by atoms with van der Waals surface area (Å²) in [5, 5.41) is 12.3. The first-order chi connectivity index (χ1) is 15.3. The topological polar surface area (TPSA) is 112 Å². The van der Waals surface area contributed by atoms with Gasteiger partial charge >= 0.3 is 0 Å². The van der Waals surface area contributed by atoms with Crippen LogP contribution in [-0.2, 0) is 16.4 Å². The van der Waals surface area contributed by atoms with Gasteiger partial charge in [0.05, 0.1) is 16.5 Å². The van der Waals surface area contributed by atoms with Crippen LogP contribution >= 0.6 is 11.3 Å². The van der Waals surface area contributed by atoms with E-state index < -0.39 is 9.84 Å². The third-order valence-electron chi connectivity index (χ3n) is 5.51. The summed E-state index contributed by atoms with van der Waals surface area (Å²) < 4.78 is 23.6. The third-order valence-corrected chi connectivity index (χ3v) is 7.92. The first-order valence-electron chi connectivity index (χ1n) is 10.3. The number of hydrogen-bond acceptors (Lipinski definition) is 9. The number of benzene rings is 1. The zero-order valence-electron chi connectivity index (χ0n) is 17.9. The van der Waals surface area contributed by atoms with E-state index >= 15 is 0 Å². The Balaban J connectivity index is 1.47. The molecule has 0 saturated carbocycles.